The van der Waals surface area contributed by atoms with Crippen molar-refractivity contribution < 1.29 is 0 Å². The summed E-state index contributed by atoms with van der Waals surface area (Å²) in [6.07, 6.45) is 8.52. The van der Waals surface area contributed by atoms with E-state index in [0.29, 0.717) is 15.0 Å². The van der Waals surface area contributed by atoms with E-state index in [1.54, 1.807) is 0 Å². The number of rotatable bonds is 4. The van der Waals surface area contributed by atoms with Gasteiger partial charge in [-0.3, -0.25) is 0 Å². The van der Waals surface area contributed by atoms with Crippen LogP contribution in [0, 0.1) is 13.8 Å². The van der Waals surface area contributed by atoms with Gasteiger partial charge in [0.25, 0.3) is 0 Å². The topological polar surface area (TPSA) is 0 Å². The first-order valence-electron chi connectivity index (χ1n) is 5.22. The first-order valence-corrected chi connectivity index (χ1v) is 7.28. The molecule has 0 heterocycles. The molecule has 0 fully saturated rings. The van der Waals surface area contributed by atoms with Gasteiger partial charge in [-0.15, -0.1) is 0 Å². The van der Waals surface area contributed by atoms with Gasteiger partial charge in [-0.25, -0.2) is 0 Å². The molecule has 0 spiro atoms. The van der Waals surface area contributed by atoms with Crippen LogP contribution < -0.4 is 4.46 Å². The molecule has 0 atom stereocenters. The van der Waals surface area contributed by atoms with Gasteiger partial charge >= 0.3 is 99.1 Å². The zero-order valence-electron chi connectivity index (χ0n) is 9.66. The Hall–Kier alpha value is -0.781. The summed E-state index contributed by atoms with van der Waals surface area (Å²) in [6, 6.07) is 6.75. The average molecular weight is 265 g/mol. The molecular formula is C14H18Se. The van der Waals surface area contributed by atoms with Gasteiger partial charge < -0.3 is 0 Å². The van der Waals surface area contributed by atoms with E-state index in [2.05, 4.69) is 56.4 Å². The third-order valence-electron chi connectivity index (χ3n) is 2.11. The van der Waals surface area contributed by atoms with Gasteiger partial charge in [0.05, 0.1) is 0 Å². The molecule has 0 N–H and O–H groups in total. The van der Waals surface area contributed by atoms with E-state index in [-0.39, 0.29) is 0 Å². The van der Waals surface area contributed by atoms with Crippen LogP contribution in [0.2, 0.25) is 5.32 Å². The van der Waals surface area contributed by atoms with Crippen molar-refractivity contribution in [2.75, 3.05) is 0 Å². The van der Waals surface area contributed by atoms with E-state index in [1.165, 1.54) is 20.9 Å². The van der Waals surface area contributed by atoms with Crippen LogP contribution in [0.25, 0.3) is 0 Å². The first kappa shape index (κ1) is 12.3. The Morgan fingerprint density at radius 3 is 2.67 bits per heavy atom. The summed E-state index contributed by atoms with van der Waals surface area (Å²) in [6.45, 7) is 6.40. The van der Waals surface area contributed by atoms with Crippen molar-refractivity contribution in [3.8, 4) is 0 Å². The third kappa shape index (κ3) is 4.50. The summed E-state index contributed by atoms with van der Waals surface area (Å²) < 4.78 is 1.53. The van der Waals surface area contributed by atoms with Crippen molar-refractivity contribution in [1.29, 1.82) is 0 Å². The fourth-order valence-corrected chi connectivity index (χ4v) is 3.10. The quantitative estimate of drug-likeness (QED) is 0.579. The zero-order chi connectivity index (χ0) is 11.1. The molecule has 0 amide bonds. The van der Waals surface area contributed by atoms with Gasteiger partial charge in [0, 0.05) is 0 Å². The molecule has 0 aliphatic heterocycles. The van der Waals surface area contributed by atoms with Crippen molar-refractivity contribution >= 4 is 19.4 Å². The minimum atomic E-state index is 0.579. The van der Waals surface area contributed by atoms with E-state index in [0.717, 1.165) is 0 Å². The molecule has 1 aromatic carbocycles. The third-order valence-corrected chi connectivity index (χ3v) is 4.47. The van der Waals surface area contributed by atoms with Crippen molar-refractivity contribution in [1.82, 2.24) is 0 Å². The van der Waals surface area contributed by atoms with E-state index in [4.69, 9.17) is 0 Å². The molecular weight excluding hydrogens is 247 g/mol. The molecule has 1 rings (SSSR count). The molecule has 80 valence electrons. The standard InChI is InChI=1S/C14H18Se/c1-4-5-6-7-10-15-14-9-8-12(2)11-13(14)3/h4-9,11H,10H2,1-3H3/b5-4+,7-6+. The number of hydrogen-bond donors (Lipinski definition) is 0. The number of hydrogen-bond acceptors (Lipinski definition) is 0. The second kappa shape index (κ2) is 6.66. The summed E-state index contributed by atoms with van der Waals surface area (Å²) in [5.41, 5.74) is 2.80. The molecule has 15 heavy (non-hydrogen) atoms. The monoisotopic (exact) mass is 266 g/mol. The van der Waals surface area contributed by atoms with Gasteiger partial charge in [-0.1, -0.05) is 0 Å². The van der Waals surface area contributed by atoms with Crippen LogP contribution in [0.5, 0.6) is 0 Å². The van der Waals surface area contributed by atoms with Crippen molar-refractivity contribution in [3.63, 3.8) is 0 Å². The summed E-state index contributed by atoms with van der Waals surface area (Å²) >= 11 is 0.579. The summed E-state index contributed by atoms with van der Waals surface area (Å²) in [4.78, 5) is 0. The van der Waals surface area contributed by atoms with Crippen molar-refractivity contribution in [3.05, 3.63) is 53.6 Å². The second-order valence-electron chi connectivity index (χ2n) is 3.53. The molecule has 0 saturated carbocycles. The molecule has 0 radical (unpaired) electrons. The molecule has 0 aromatic heterocycles. The van der Waals surface area contributed by atoms with Gasteiger partial charge in [0.15, 0.2) is 0 Å². The molecule has 0 saturated heterocycles. The van der Waals surface area contributed by atoms with Crippen LogP contribution in [0.3, 0.4) is 0 Å². The summed E-state index contributed by atoms with van der Waals surface area (Å²) in [5.74, 6) is 0. The fourth-order valence-electron chi connectivity index (χ4n) is 1.34. The van der Waals surface area contributed by atoms with Crippen LogP contribution >= 0.6 is 0 Å². The number of benzene rings is 1. The Balaban J connectivity index is 2.51. The molecule has 1 heteroatoms. The molecule has 0 nitrogen and oxygen atoms in total. The van der Waals surface area contributed by atoms with Crippen LogP contribution in [0.4, 0.5) is 0 Å². The van der Waals surface area contributed by atoms with Crippen LogP contribution in [0.1, 0.15) is 18.1 Å². The molecule has 0 bridgehead atoms. The SMILES string of the molecule is C/C=C/C=C/C[Se]c1ccc(C)cc1C. The van der Waals surface area contributed by atoms with Gasteiger partial charge in [0.1, 0.15) is 0 Å². The van der Waals surface area contributed by atoms with Gasteiger partial charge in [-0.2, -0.15) is 0 Å². The Labute approximate surface area is 99.3 Å². The minimum absolute atomic E-state index is 0.579. The maximum absolute atomic E-state index is 2.27. The maximum atomic E-state index is 2.27. The average Bonchev–Trinajstić information content (AvgIpc) is 2.20. The number of aryl methyl sites for hydroxylation is 2. The zero-order valence-corrected chi connectivity index (χ0v) is 11.4. The van der Waals surface area contributed by atoms with Crippen LogP contribution in [0.15, 0.2) is 42.5 Å². The Morgan fingerprint density at radius 1 is 1.20 bits per heavy atom. The Kier molecular flexibility index (Phi) is 5.45. The van der Waals surface area contributed by atoms with E-state index >= 15 is 0 Å². The second-order valence-corrected chi connectivity index (χ2v) is 5.76. The molecule has 0 unspecified atom stereocenters. The van der Waals surface area contributed by atoms with Gasteiger partial charge in [-0.05, 0) is 0 Å². The first-order chi connectivity index (χ1) is 7.24. The normalized spacial score (nSPS) is 11.7. The predicted octanol–water partition coefficient (Wildman–Crippen LogP) is 3.18. The van der Waals surface area contributed by atoms with Crippen LogP contribution in [-0.2, 0) is 0 Å². The summed E-state index contributed by atoms with van der Waals surface area (Å²) in [5, 5.41) is 1.18. The van der Waals surface area contributed by atoms with E-state index in [9.17, 15) is 0 Å². The van der Waals surface area contributed by atoms with E-state index < -0.39 is 0 Å². The van der Waals surface area contributed by atoms with Crippen molar-refractivity contribution in [2.24, 2.45) is 0 Å². The van der Waals surface area contributed by atoms with Crippen LogP contribution in [-0.4, -0.2) is 15.0 Å². The Morgan fingerprint density at radius 2 is 2.00 bits per heavy atom. The number of allylic oxidation sites excluding steroid dienone is 4. The molecule has 0 aliphatic carbocycles. The molecule has 0 aliphatic rings. The Bertz CT molecular complexity index is 362. The summed E-state index contributed by atoms with van der Waals surface area (Å²) in [7, 11) is 0. The fraction of sp³-hybridized carbons (Fsp3) is 0.286. The predicted molar refractivity (Wildman–Crippen MR) is 70.1 cm³/mol. The van der Waals surface area contributed by atoms with E-state index in [1.807, 2.05) is 6.92 Å². The molecule has 1 aromatic rings. The van der Waals surface area contributed by atoms with Gasteiger partial charge in [0.2, 0.25) is 0 Å². The van der Waals surface area contributed by atoms with Crippen molar-refractivity contribution in [2.45, 2.75) is 26.1 Å².